The lowest BCUT2D eigenvalue weighted by Crippen LogP contribution is -2.51. The van der Waals surface area contributed by atoms with E-state index in [2.05, 4.69) is 26.1 Å². The van der Waals surface area contributed by atoms with E-state index >= 15 is 0 Å². The van der Waals surface area contributed by atoms with E-state index in [1.807, 2.05) is 13.0 Å². The monoisotopic (exact) mass is 437 g/mol. The van der Waals surface area contributed by atoms with Crippen LogP contribution in [0.25, 0.3) is 0 Å². The van der Waals surface area contributed by atoms with Crippen LogP contribution in [0.4, 0.5) is 0 Å². The second kappa shape index (κ2) is 11.9. The zero-order valence-electron chi connectivity index (χ0n) is 18.1. The van der Waals surface area contributed by atoms with Gasteiger partial charge in [-0.3, -0.25) is 9.59 Å². The molecule has 1 aliphatic heterocycles. The van der Waals surface area contributed by atoms with Gasteiger partial charge in [-0.05, 0) is 38.3 Å². The maximum absolute atomic E-state index is 12.9. The van der Waals surface area contributed by atoms with E-state index < -0.39 is 6.04 Å². The number of likely N-dealkylation sites (tertiary alicyclic amines) is 1. The number of methoxy groups -OCH3 is 1. The second-order valence-electron chi connectivity index (χ2n) is 7.43. The van der Waals surface area contributed by atoms with Crippen LogP contribution in [0.5, 0.6) is 0 Å². The van der Waals surface area contributed by atoms with Crippen molar-refractivity contribution < 1.29 is 14.3 Å². The smallest absolute Gasteiger partial charge is 0.269 e. The molecule has 3 N–H and O–H groups in total. The summed E-state index contributed by atoms with van der Waals surface area (Å²) >= 11 is 6.19. The minimum absolute atomic E-state index is 0.0760. The molecule has 9 heteroatoms. The Balaban J connectivity index is 1.97. The number of nitrogens with zero attached hydrogens (tertiary/aromatic N) is 2. The number of halogens is 1. The van der Waals surface area contributed by atoms with E-state index in [0.29, 0.717) is 17.2 Å². The summed E-state index contributed by atoms with van der Waals surface area (Å²) in [5.41, 5.74) is 4.05. The number of aryl methyl sites for hydroxylation is 1. The number of rotatable bonds is 9. The van der Waals surface area contributed by atoms with Crippen LogP contribution in [0.3, 0.4) is 0 Å². The minimum atomic E-state index is -0.595. The Morgan fingerprint density at radius 1 is 1.33 bits per heavy atom. The third-order valence-electron chi connectivity index (χ3n) is 5.21. The number of hydrogen-bond acceptors (Lipinski definition) is 6. The number of amides is 2. The molecular weight excluding hydrogens is 406 g/mol. The van der Waals surface area contributed by atoms with Gasteiger partial charge in [-0.15, -0.1) is 0 Å². The SMILES string of the molecule is CN/N=C(/C(=O)NC1CCN(CCOC)CC1)C(C)NC(=O)c1c(C)cccc1Cl. The zero-order chi connectivity index (χ0) is 22.1. The first-order valence-electron chi connectivity index (χ1n) is 10.2. The first-order valence-corrected chi connectivity index (χ1v) is 10.6. The number of piperidine rings is 1. The fourth-order valence-corrected chi connectivity index (χ4v) is 3.81. The fraction of sp³-hybridized carbons (Fsp3) is 0.571. The lowest BCUT2D eigenvalue weighted by atomic mass is 10.0. The quantitative estimate of drug-likeness (QED) is 0.402. The Hall–Kier alpha value is -2.16. The Kier molecular flexibility index (Phi) is 9.55. The predicted molar refractivity (Wildman–Crippen MR) is 119 cm³/mol. The number of nitrogens with one attached hydrogen (secondary N) is 3. The Bertz CT molecular complexity index is 743. The summed E-state index contributed by atoms with van der Waals surface area (Å²) in [5, 5.41) is 10.4. The summed E-state index contributed by atoms with van der Waals surface area (Å²) in [6.45, 7) is 6.97. The van der Waals surface area contributed by atoms with E-state index in [4.69, 9.17) is 16.3 Å². The molecule has 1 aromatic carbocycles. The first kappa shape index (κ1) is 24.1. The Morgan fingerprint density at radius 3 is 2.63 bits per heavy atom. The summed E-state index contributed by atoms with van der Waals surface area (Å²) in [6.07, 6.45) is 1.73. The molecule has 2 rings (SSSR count). The minimum Gasteiger partial charge on any atom is -0.383 e. The van der Waals surface area contributed by atoms with Crippen molar-refractivity contribution in [1.82, 2.24) is 21.0 Å². The van der Waals surface area contributed by atoms with Crippen molar-refractivity contribution in [1.29, 1.82) is 0 Å². The molecule has 8 nitrogen and oxygen atoms in total. The van der Waals surface area contributed by atoms with Crippen molar-refractivity contribution in [2.75, 3.05) is 40.4 Å². The second-order valence-corrected chi connectivity index (χ2v) is 7.84. The molecule has 0 saturated carbocycles. The Labute approximate surface area is 183 Å². The normalized spacial score (nSPS) is 16.8. The van der Waals surface area contributed by atoms with Crippen molar-refractivity contribution in [2.45, 2.75) is 38.8 Å². The van der Waals surface area contributed by atoms with Gasteiger partial charge in [-0.25, -0.2) is 0 Å². The zero-order valence-corrected chi connectivity index (χ0v) is 18.9. The molecule has 30 heavy (non-hydrogen) atoms. The standard InChI is InChI=1S/C21H32ClN5O3/c1-14-6-5-7-17(22)18(14)20(28)24-15(2)19(26-23-3)21(29)25-16-8-10-27(11-9-16)12-13-30-4/h5-7,15-16,23H,8-13H2,1-4H3,(H,24,28)(H,25,29)/b26-19+. The molecule has 0 aromatic heterocycles. The number of ether oxygens (including phenoxy) is 1. The summed E-state index contributed by atoms with van der Waals surface area (Å²) in [4.78, 5) is 27.9. The number of benzene rings is 1. The van der Waals surface area contributed by atoms with Crippen molar-refractivity contribution in [2.24, 2.45) is 5.10 Å². The van der Waals surface area contributed by atoms with Crippen LogP contribution in [0.2, 0.25) is 5.02 Å². The average molecular weight is 438 g/mol. The summed E-state index contributed by atoms with van der Waals surface area (Å²) in [5.74, 6) is -0.628. The van der Waals surface area contributed by atoms with Gasteiger partial charge in [0.25, 0.3) is 11.8 Å². The Morgan fingerprint density at radius 2 is 2.03 bits per heavy atom. The third kappa shape index (κ3) is 6.68. The van der Waals surface area contributed by atoms with Gasteiger partial charge in [-0.2, -0.15) is 5.10 Å². The molecular formula is C21H32ClN5O3. The van der Waals surface area contributed by atoms with Crippen molar-refractivity contribution in [3.05, 3.63) is 34.3 Å². The van der Waals surface area contributed by atoms with Crippen molar-refractivity contribution >= 4 is 29.1 Å². The average Bonchev–Trinajstić information content (AvgIpc) is 2.71. The molecule has 166 valence electrons. The molecule has 0 spiro atoms. The lowest BCUT2D eigenvalue weighted by Gasteiger charge is -2.32. The van der Waals surface area contributed by atoms with E-state index in [1.54, 1.807) is 33.2 Å². The van der Waals surface area contributed by atoms with Gasteiger partial charge in [0.2, 0.25) is 0 Å². The van der Waals surface area contributed by atoms with Crippen LogP contribution in [0.1, 0.15) is 35.7 Å². The van der Waals surface area contributed by atoms with Gasteiger partial charge in [0.15, 0.2) is 0 Å². The molecule has 1 fully saturated rings. The van der Waals surface area contributed by atoms with Crippen LogP contribution in [-0.4, -0.2) is 74.9 Å². The lowest BCUT2D eigenvalue weighted by molar-refractivity contribution is -0.116. The molecule has 1 heterocycles. The maximum Gasteiger partial charge on any atom is 0.269 e. The number of carbonyl (C=O) groups excluding carboxylic acids is 2. The van der Waals surface area contributed by atoms with Gasteiger partial charge >= 0.3 is 0 Å². The van der Waals surface area contributed by atoms with Crippen LogP contribution in [-0.2, 0) is 9.53 Å². The molecule has 1 unspecified atom stereocenters. The molecule has 0 aliphatic carbocycles. The first-order chi connectivity index (χ1) is 14.4. The number of hydrazone groups is 1. The summed E-state index contributed by atoms with van der Waals surface area (Å²) < 4.78 is 5.12. The van der Waals surface area contributed by atoms with Gasteiger partial charge in [0, 0.05) is 39.8 Å². The van der Waals surface area contributed by atoms with E-state index in [-0.39, 0.29) is 23.6 Å². The van der Waals surface area contributed by atoms with Crippen LogP contribution < -0.4 is 16.1 Å². The highest BCUT2D eigenvalue weighted by atomic mass is 35.5. The summed E-state index contributed by atoms with van der Waals surface area (Å²) in [7, 11) is 3.32. The number of carbonyl (C=O) groups is 2. The van der Waals surface area contributed by atoms with Crippen LogP contribution in [0.15, 0.2) is 23.3 Å². The van der Waals surface area contributed by atoms with Gasteiger partial charge in [0.05, 0.1) is 23.2 Å². The summed E-state index contributed by atoms with van der Waals surface area (Å²) in [6, 6.07) is 4.76. The predicted octanol–water partition coefficient (Wildman–Crippen LogP) is 1.57. The van der Waals surface area contributed by atoms with E-state index in [9.17, 15) is 9.59 Å². The molecule has 0 bridgehead atoms. The molecule has 1 aliphatic rings. The molecule has 1 aromatic rings. The van der Waals surface area contributed by atoms with E-state index in [0.717, 1.165) is 38.0 Å². The topological polar surface area (TPSA) is 95.1 Å². The van der Waals surface area contributed by atoms with E-state index in [1.165, 1.54) is 0 Å². The van der Waals surface area contributed by atoms with Crippen LogP contribution >= 0.6 is 11.6 Å². The molecule has 2 amide bonds. The van der Waals surface area contributed by atoms with Crippen LogP contribution in [0, 0.1) is 6.92 Å². The van der Waals surface area contributed by atoms with Gasteiger partial charge < -0.3 is 25.7 Å². The van der Waals surface area contributed by atoms with Gasteiger partial charge in [-0.1, -0.05) is 23.7 Å². The highest BCUT2D eigenvalue weighted by Gasteiger charge is 2.27. The van der Waals surface area contributed by atoms with Crippen molar-refractivity contribution in [3.63, 3.8) is 0 Å². The molecule has 1 atom stereocenters. The van der Waals surface area contributed by atoms with Gasteiger partial charge in [0.1, 0.15) is 5.71 Å². The fourth-order valence-electron chi connectivity index (χ4n) is 3.50. The highest BCUT2D eigenvalue weighted by Crippen LogP contribution is 2.19. The molecule has 1 saturated heterocycles. The number of hydrogen-bond donors (Lipinski definition) is 3. The third-order valence-corrected chi connectivity index (χ3v) is 5.52. The molecule has 0 radical (unpaired) electrons. The highest BCUT2D eigenvalue weighted by molar-refractivity contribution is 6.41. The maximum atomic E-state index is 12.9. The van der Waals surface area contributed by atoms with Crippen molar-refractivity contribution in [3.8, 4) is 0 Å². The largest absolute Gasteiger partial charge is 0.383 e.